The Hall–Kier alpha value is -13.2. The molecule has 7 rings (SSSR count). The maximum absolute atomic E-state index is 15.3. The number of carbonyl (C=O) groups excluding carboxylic acids is 14. The number of rotatable bonds is 23. The zero-order valence-electron chi connectivity index (χ0n) is 65.0. The molecule has 1 aliphatic rings. The molecule has 0 unspecified atom stereocenters. The number of thioether (sulfide) groups is 1. The van der Waals surface area contributed by atoms with E-state index < -0.39 is 192 Å². The number of benzene rings is 4. The summed E-state index contributed by atoms with van der Waals surface area (Å²) in [6, 6.07) is 9.38. The number of nitrogens with zero attached hydrogens (tertiary/aromatic N) is 4. The molecule has 3 heterocycles. The first-order valence-electron chi connectivity index (χ1n) is 37.6. The molecule has 0 spiro atoms. The normalized spacial score (nSPS) is 22.2. The summed E-state index contributed by atoms with van der Waals surface area (Å²) in [5.41, 5.74) is 18.7. The predicted molar refractivity (Wildman–Crippen MR) is 429 cm³/mol. The highest BCUT2D eigenvalue weighted by Crippen LogP contribution is 2.22. The zero-order valence-corrected chi connectivity index (χ0v) is 65.8. The van der Waals surface area contributed by atoms with Gasteiger partial charge < -0.3 is 116 Å². The standard InChI is InChI=1S/C76H102N24O16S/c1-5-51-66(108)95-55(30-46-18-11-17-45-16-9-10-19-50(45)46)68(110)89-42(2)64(106)87-36-62(104)91-58(37-101)72(114)94-53(21-13-27-85-76(80)81)74(116)100(4)60(29-44-22-24-49(102)25-23-44)73(115)97-56(31-47-33-82-40-88-47)70(112)93-52(20-12-26-84-75(78)79)67(109)96-57(32-48-34-83-41-99(48)3)71(113)98-59(65(107)86-35-61(77)103)38-117-39-63(105)90-54(69(111)92-51)28-43-14-7-6-8-15-43/h6-11,14-19,22-25,33-34,40-42,51-60,101-102H,5,12-13,20-21,26-32,35-39H2,1-4H3,(H2,77,103)(H,82,88)(H,86,107)(H,87,106)(H,89,110)(H,90,105)(H,91,104)(H,92,111)(H,93,112)(H,94,114)(H,95,108)(H,96,109)(H,97,115)(H,98,113)(H4,78,79,84)(H4,80,81,85)/t42-,51-,52-,53-,54-,55-,56-,57-,58-,59-,60-/m0/s1. The molecule has 4 aromatic carbocycles. The molecular formula is C76H102N24O16S. The fraction of sp³-hybridized carbons (Fsp3) is 0.421. The van der Waals surface area contributed by atoms with Gasteiger partial charge in [0, 0.05) is 83.1 Å². The molecule has 41 heteroatoms. The molecule has 0 saturated carbocycles. The van der Waals surface area contributed by atoms with Crippen LogP contribution in [0.25, 0.3) is 10.8 Å². The molecular weight excluding hydrogens is 1540 g/mol. The van der Waals surface area contributed by atoms with Gasteiger partial charge in [0.05, 0.1) is 43.8 Å². The molecule has 0 aliphatic carbocycles. The molecule has 40 nitrogen and oxygen atoms in total. The molecule has 0 bridgehead atoms. The maximum Gasteiger partial charge on any atom is 0.245 e. The number of aromatic amines is 1. The molecule has 117 heavy (non-hydrogen) atoms. The third-order valence-corrected chi connectivity index (χ3v) is 19.8. The number of phenolic OH excluding ortho intramolecular Hbond substituents is 1. The average Bonchev–Trinajstić information content (AvgIpc) is 1.50. The number of carbonyl (C=O) groups is 14. The van der Waals surface area contributed by atoms with Crippen molar-refractivity contribution in [1.82, 2.24) is 98.9 Å². The van der Waals surface area contributed by atoms with Crippen molar-refractivity contribution in [1.29, 1.82) is 10.8 Å². The van der Waals surface area contributed by atoms with E-state index in [1.54, 1.807) is 62.5 Å². The number of guanidine groups is 2. The fourth-order valence-corrected chi connectivity index (χ4v) is 13.3. The quantitative estimate of drug-likeness (QED) is 0.0162. The summed E-state index contributed by atoms with van der Waals surface area (Å²) in [6.45, 7) is 0.165. The third-order valence-electron chi connectivity index (χ3n) is 18.8. The predicted octanol–water partition coefficient (Wildman–Crippen LogP) is -5.40. The highest BCUT2D eigenvalue weighted by Gasteiger charge is 2.39. The van der Waals surface area contributed by atoms with Crippen LogP contribution in [0, 0.1) is 10.8 Å². The van der Waals surface area contributed by atoms with E-state index in [-0.39, 0.29) is 88.7 Å². The lowest BCUT2D eigenvalue weighted by Crippen LogP contribution is -2.61. The van der Waals surface area contributed by atoms with Crippen LogP contribution < -0.4 is 91.6 Å². The van der Waals surface area contributed by atoms with Crippen molar-refractivity contribution in [3.8, 4) is 5.75 Å². The summed E-state index contributed by atoms with van der Waals surface area (Å²) in [5.74, 6) is -15.4. The summed E-state index contributed by atoms with van der Waals surface area (Å²) >= 11 is 0.801. The van der Waals surface area contributed by atoms with Gasteiger partial charge in [0.2, 0.25) is 82.7 Å². The number of fused-ring (bicyclic) bond motifs is 1. The average molecular weight is 1640 g/mol. The van der Waals surface area contributed by atoms with E-state index in [1.807, 2.05) is 24.3 Å². The first kappa shape index (κ1) is 91.0. The molecule has 14 amide bonds. The van der Waals surface area contributed by atoms with Gasteiger partial charge >= 0.3 is 0 Å². The van der Waals surface area contributed by atoms with E-state index in [2.05, 4.69) is 89.4 Å². The molecule has 1 fully saturated rings. The second-order valence-electron chi connectivity index (χ2n) is 27.7. The lowest BCUT2D eigenvalue weighted by atomic mass is 9.97. The summed E-state index contributed by atoms with van der Waals surface area (Å²) < 4.78 is 1.53. The Morgan fingerprint density at radius 2 is 1.12 bits per heavy atom. The highest BCUT2D eigenvalue weighted by atomic mass is 32.2. The number of H-pyrrole nitrogens is 1. The summed E-state index contributed by atoms with van der Waals surface area (Å²) in [6.07, 6.45) is 3.61. The van der Waals surface area contributed by atoms with Crippen molar-refractivity contribution >= 4 is 117 Å². The number of primary amides is 1. The second-order valence-corrected chi connectivity index (χ2v) is 28.7. The van der Waals surface area contributed by atoms with Gasteiger partial charge in [-0.3, -0.25) is 77.9 Å². The molecule has 2 aromatic heterocycles. The lowest BCUT2D eigenvalue weighted by Gasteiger charge is -2.33. The molecule has 11 atom stereocenters. The Kier molecular flexibility index (Phi) is 35.5. The number of aromatic nitrogens is 4. The first-order valence-corrected chi connectivity index (χ1v) is 38.7. The number of nitrogens with one attached hydrogen (secondary N) is 17. The number of aryl methyl sites for hydroxylation is 1. The molecule has 628 valence electrons. The van der Waals surface area contributed by atoms with Gasteiger partial charge in [-0.2, -0.15) is 0 Å². The number of aliphatic hydroxyl groups is 1. The van der Waals surface area contributed by atoms with Gasteiger partial charge in [-0.05, 0) is 78.6 Å². The Morgan fingerprint density at radius 1 is 0.573 bits per heavy atom. The number of nitrogens with two attached hydrogens (primary N) is 3. The van der Waals surface area contributed by atoms with E-state index in [4.69, 9.17) is 28.0 Å². The van der Waals surface area contributed by atoms with Gasteiger partial charge in [0.15, 0.2) is 11.9 Å². The molecule has 25 N–H and O–H groups in total. The second kappa shape index (κ2) is 45.6. The minimum atomic E-state index is -1.82. The zero-order chi connectivity index (χ0) is 85.3. The smallest absolute Gasteiger partial charge is 0.245 e. The van der Waals surface area contributed by atoms with Crippen molar-refractivity contribution < 1.29 is 77.3 Å². The van der Waals surface area contributed by atoms with Crippen LogP contribution in [0.5, 0.6) is 5.75 Å². The van der Waals surface area contributed by atoms with Crippen LogP contribution in [-0.2, 0) is 106 Å². The van der Waals surface area contributed by atoms with Gasteiger partial charge in [-0.25, -0.2) is 9.97 Å². The van der Waals surface area contributed by atoms with Gasteiger partial charge in [-0.1, -0.05) is 91.9 Å². The highest BCUT2D eigenvalue weighted by molar-refractivity contribution is 8.00. The van der Waals surface area contributed by atoms with E-state index in [0.717, 1.165) is 22.0 Å². The van der Waals surface area contributed by atoms with Crippen LogP contribution in [0.15, 0.2) is 122 Å². The largest absolute Gasteiger partial charge is 0.508 e. The van der Waals surface area contributed by atoms with Crippen molar-refractivity contribution in [3.05, 3.63) is 150 Å². The summed E-state index contributed by atoms with van der Waals surface area (Å²) in [5, 5.41) is 74.1. The van der Waals surface area contributed by atoms with Crippen LogP contribution in [0.2, 0.25) is 0 Å². The van der Waals surface area contributed by atoms with Crippen molar-refractivity contribution in [3.63, 3.8) is 0 Å². The number of hydrogen-bond acceptors (Lipinski definition) is 21. The number of imidazole rings is 2. The number of aromatic hydroxyl groups is 1. The molecule has 1 aliphatic heterocycles. The third kappa shape index (κ3) is 29.3. The fourth-order valence-electron chi connectivity index (χ4n) is 12.4. The molecule has 6 aromatic rings. The van der Waals surface area contributed by atoms with Crippen LogP contribution in [0.3, 0.4) is 0 Å². The van der Waals surface area contributed by atoms with E-state index >= 15 is 19.2 Å². The van der Waals surface area contributed by atoms with Gasteiger partial charge in [-0.15, -0.1) is 11.8 Å². The summed E-state index contributed by atoms with van der Waals surface area (Å²) in [4.78, 5) is 214. The van der Waals surface area contributed by atoms with Crippen LogP contribution in [0.1, 0.15) is 74.0 Å². The lowest BCUT2D eigenvalue weighted by molar-refractivity contribution is -0.143. The van der Waals surface area contributed by atoms with E-state index in [0.29, 0.717) is 27.8 Å². The van der Waals surface area contributed by atoms with Gasteiger partial charge in [0.1, 0.15) is 72.2 Å². The van der Waals surface area contributed by atoms with Crippen molar-refractivity contribution in [2.24, 2.45) is 24.2 Å². The number of phenols is 1. The number of likely N-dealkylation sites (N-methyl/N-ethyl adjacent to an activating group) is 1. The van der Waals surface area contributed by atoms with Crippen molar-refractivity contribution in [2.45, 2.75) is 145 Å². The van der Waals surface area contributed by atoms with E-state index in [1.165, 1.54) is 67.9 Å². The summed E-state index contributed by atoms with van der Waals surface area (Å²) in [7, 11) is 2.81. The Balaban J connectivity index is 1.29. The minimum Gasteiger partial charge on any atom is -0.508 e. The minimum absolute atomic E-state index is 0.0100. The SMILES string of the molecule is CC[C@@H]1NC(=O)[C@H](Cc2ccccc2)NC(=O)CSC[C@@H](C(=O)NCC(N)=O)NC(=O)[C@H](Cc2cncn2C)NC(=O)[C@H](CCCNC(=N)N)NC(=O)[C@H](Cc2c[nH]cn2)NC(=O)[C@H](Cc2ccc(O)cc2)N(C)C(=O)[C@H](CCCNC(=N)N)NC(=O)[C@H](CO)NC(=O)CNC(=O)[C@H](C)NC(=O)[C@H](Cc2cccc3ccccc23)NC1=O. The monoisotopic (exact) mass is 1640 g/mol. The van der Waals surface area contributed by atoms with Crippen molar-refractivity contribution in [2.75, 3.05) is 51.3 Å². The number of aliphatic hydroxyl groups excluding tert-OH is 1. The number of hydrogen-bond donors (Lipinski definition) is 22. The Labute approximate surface area is 677 Å². The van der Waals surface area contributed by atoms with Crippen LogP contribution >= 0.6 is 11.8 Å². The Bertz CT molecular complexity index is 4470. The molecule has 0 radical (unpaired) electrons. The maximum atomic E-state index is 15.3. The van der Waals surface area contributed by atoms with Gasteiger partial charge in [0.25, 0.3) is 0 Å². The first-order chi connectivity index (χ1) is 55.9. The number of amides is 14. The van der Waals surface area contributed by atoms with Crippen LogP contribution in [-0.4, -0.2) is 247 Å². The van der Waals surface area contributed by atoms with Crippen LogP contribution in [0.4, 0.5) is 0 Å². The topological polar surface area (TPSA) is 623 Å². The Morgan fingerprint density at radius 3 is 1.75 bits per heavy atom. The molecule has 1 saturated heterocycles. The van der Waals surface area contributed by atoms with E-state index in [9.17, 15) is 58.2 Å².